The largest absolute Gasteiger partial charge is 0.395 e. The summed E-state index contributed by atoms with van der Waals surface area (Å²) in [6, 6.07) is 10.8. The quantitative estimate of drug-likeness (QED) is 0.659. The van der Waals surface area contributed by atoms with Crippen molar-refractivity contribution in [2.75, 3.05) is 26.2 Å². The molecule has 2 N–H and O–H groups in total. The van der Waals surface area contributed by atoms with Gasteiger partial charge in [0.15, 0.2) is 0 Å². The predicted molar refractivity (Wildman–Crippen MR) is 115 cm³/mol. The number of benzene rings is 1. The highest BCUT2D eigenvalue weighted by atomic mass is 19.1. The molecule has 31 heavy (non-hydrogen) atoms. The number of likely N-dealkylation sites (tertiary alicyclic amines) is 1. The average molecular weight is 424 g/mol. The molecule has 0 radical (unpaired) electrons. The smallest absolute Gasteiger partial charge is 0.255 e. The molecule has 1 fully saturated rings. The molecule has 162 valence electrons. The van der Waals surface area contributed by atoms with Crippen molar-refractivity contribution in [3.8, 4) is 5.69 Å². The number of aliphatic hydroxyl groups is 1. The summed E-state index contributed by atoms with van der Waals surface area (Å²) >= 11 is 0. The van der Waals surface area contributed by atoms with E-state index in [0.29, 0.717) is 42.7 Å². The summed E-state index contributed by atoms with van der Waals surface area (Å²) in [4.78, 5) is 31.2. The predicted octanol–water partition coefficient (Wildman–Crippen LogP) is 2.71. The van der Waals surface area contributed by atoms with Crippen molar-refractivity contribution in [1.82, 2.24) is 19.8 Å². The number of halogens is 1. The highest BCUT2D eigenvalue weighted by Crippen LogP contribution is 2.27. The molecule has 0 bridgehead atoms. The Bertz CT molecular complexity index is 1110. The molecule has 3 heterocycles. The lowest BCUT2D eigenvalue weighted by Crippen LogP contribution is -2.43. The number of nitrogens with zero attached hydrogens (tertiary/aromatic N) is 3. The number of hydrogen-bond acceptors (Lipinski definition) is 4. The molecule has 1 aromatic carbocycles. The molecule has 0 saturated carbocycles. The van der Waals surface area contributed by atoms with Crippen LogP contribution in [0.1, 0.15) is 40.5 Å². The third-order valence-corrected chi connectivity index (χ3v) is 5.65. The van der Waals surface area contributed by atoms with E-state index >= 15 is 0 Å². The van der Waals surface area contributed by atoms with E-state index < -0.39 is 5.67 Å². The molecule has 1 aliphatic rings. The molecule has 2 aromatic heterocycles. The molecule has 0 spiro atoms. The molecule has 0 unspecified atom stereocenters. The number of fused-ring (bicyclic) bond motifs is 1. The van der Waals surface area contributed by atoms with Gasteiger partial charge >= 0.3 is 0 Å². The standard InChI is InChI=1S/C23H25FN4O3/c1-23(24)6-10-27(11-7-23)22(31)18-13-16-5-9-28(20(16)26-15-18)19-4-2-3-17(14-19)21(30)25-8-12-29/h2-5,9,13-15,29H,6-8,10-12H2,1H3,(H,25,30). The molecule has 7 nitrogen and oxygen atoms in total. The van der Waals surface area contributed by atoms with Gasteiger partial charge in [-0.25, -0.2) is 9.37 Å². The van der Waals surface area contributed by atoms with E-state index in [2.05, 4.69) is 10.3 Å². The normalized spacial score (nSPS) is 15.8. The Balaban J connectivity index is 1.57. The van der Waals surface area contributed by atoms with Gasteiger partial charge < -0.3 is 19.9 Å². The molecule has 3 aromatic rings. The van der Waals surface area contributed by atoms with Gasteiger partial charge in [-0.15, -0.1) is 0 Å². The van der Waals surface area contributed by atoms with Crippen LogP contribution in [0.25, 0.3) is 16.7 Å². The van der Waals surface area contributed by atoms with Gasteiger partial charge in [-0.1, -0.05) is 6.07 Å². The average Bonchev–Trinajstić information content (AvgIpc) is 3.20. The van der Waals surface area contributed by atoms with Gasteiger partial charge in [-0.3, -0.25) is 9.59 Å². The van der Waals surface area contributed by atoms with Crippen LogP contribution >= 0.6 is 0 Å². The summed E-state index contributed by atoms with van der Waals surface area (Å²) in [5.74, 6) is -0.403. The fraction of sp³-hybridized carbons (Fsp3) is 0.348. The SMILES string of the molecule is CC1(F)CCN(C(=O)c2cnc3c(ccn3-c3cccc(C(=O)NCCO)c3)c2)CC1. The summed E-state index contributed by atoms with van der Waals surface area (Å²) in [5, 5.41) is 12.3. The molecule has 1 saturated heterocycles. The number of amides is 2. The first-order valence-corrected chi connectivity index (χ1v) is 10.3. The van der Waals surface area contributed by atoms with Crippen LogP contribution in [0.4, 0.5) is 4.39 Å². The van der Waals surface area contributed by atoms with Crippen molar-refractivity contribution in [2.45, 2.75) is 25.4 Å². The Kier molecular flexibility index (Phi) is 5.73. The van der Waals surface area contributed by atoms with Crippen molar-refractivity contribution < 1.29 is 19.1 Å². The number of nitrogens with one attached hydrogen (secondary N) is 1. The Morgan fingerprint density at radius 3 is 2.71 bits per heavy atom. The maximum absolute atomic E-state index is 14.0. The van der Waals surface area contributed by atoms with Gasteiger partial charge in [-0.05, 0) is 50.1 Å². The van der Waals surface area contributed by atoms with Crippen molar-refractivity contribution in [3.05, 3.63) is 59.9 Å². The van der Waals surface area contributed by atoms with Crippen LogP contribution in [0.5, 0.6) is 0 Å². The van der Waals surface area contributed by atoms with Gasteiger partial charge in [0.25, 0.3) is 11.8 Å². The van der Waals surface area contributed by atoms with Crippen molar-refractivity contribution >= 4 is 22.8 Å². The van der Waals surface area contributed by atoms with Crippen LogP contribution in [0.2, 0.25) is 0 Å². The summed E-state index contributed by atoms with van der Waals surface area (Å²) in [6.07, 6.45) is 4.06. The molecular formula is C23H25FN4O3. The number of aromatic nitrogens is 2. The second kappa shape index (κ2) is 8.47. The zero-order valence-corrected chi connectivity index (χ0v) is 17.3. The minimum atomic E-state index is -1.21. The second-order valence-corrected chi connectivity index (χ2v) is 8.06. The van der Waals surface area contributed by atoms with Gasteiger partial charge in [0.1, 0.15) is 11.3 Å². The fourth-order valence-electron chi connectivity index (χ4n) is 3.78. The van der Waals surface area contributed by atoms with E-state index in [0.717, 1.165) is 11.1 Å². The fourth-order valence-corrected chi connectivity index (χ4v) is 3.78. The number of hydrogen-bond donors (Lipinski definition) is 2. The van der Waals surface area contributed by atoms with Gasteiger partial charge in [0.05, 0.1) is 12.2 Å². The van der Waals surface area contributed by atoms with E-state index in [-0.39, 0.29) is 25.0 Å². The van der Waals surface area contributed by atoms with Gasteiger partial charge in [0, 0.05) is 48.7 Å². The van der Waals surface area contributed by atoms with Crippen molar-refractivity contribution in [2.24, 2.45) is 0 Å². The maximum Gasteiger partial charge on any atom is 0.255 e. The summed E-state index contributed by atoms with van der Waals surface area (Å²) in [7, 11) is 0. The number of carbonyl (C=O) groups is 2. The Hall–Kier alpha value is -3.26. The lowest BCUT2D eigenvalue weighted by Gasteiger charge is -2.34. The zero-order chi connectivity index (χ0) is 22.0. The molecule has 2 amide bonds. The van der Waals surface area contributed by atoms with Crippen LogP contribution in [-0.2, 0) is 0 Å². The number of aliphatic hydroxyl groups excluding tert-OH is 1. The number of pyridine rings is 1. The molecule has 4 rings (SSSR count). The molecular weight excluding hydrogens is 399 g/mol. The monoisotopic (exact) mass is 424 g/mol. The molecule has 1 aliphatic heterocycles. The first-order valence-electron chi connectivity index (χ1n) is 10.3. The number of piperidine rings is 1. The van der Waals surface area contributed by atoms with Crippen LogP contribution in [0.15, 0.2) is 48.8 Å². The van der Waals surface area contributed by atoms with Crippen molar-refractivity contribution in [1.29, 1.82) is 0 Å². The van der Waals surface area contributed by atoms with Crippen molar-refractivity contribution in [3.63, 3.8) is 0 Å². The minimum Gasteiger partial charge on any atom is -0.395 e. The molecule has 8 heteroatoms. The zero-order valence-electron chi connectivity index (χ0n) is 17.3. The Labute approximate surface area is 179 Å². The second-order valence-electron chi connectivity index (χ2n) is 8.06. The van der Waals surface area contributed by atoms with E-state index in [9.17, 15) is 14.0 Å². The van der Waals surface area contributed by atoms with Gasteiger partial charge in [-0.2, -0.15) is 0 Å². The first-order chi connectivity index (χ1) is 14.9. The third-order valence-electron chi connectivity index (χ3n) is 5.65. The summed E-state index contributed by atoms with van der Waals surface area (Å²) in [5.41, 5.74) is 1.17. The number of alkyl halides is 1. The summed E-state index contributed by atoms with van der Waals surface area (Å²) < 4.78 is 15.9. The third kappa shape index (κ3) is 4.44. The van der Waals surface area contributed by atoms with Crippen LogP contribution in [0, 0.1) is 0 Å². The highest BCUT2D eigenvalue weighted by molar-refractivity contribution is 5.97. The van der Waals surface area contributed by atoms with E-state index in [4.69, 9.17) is 5.11 Å². The Morgan fingerprint density at radius 1 is 1.19 bits per heavy atom. The molecule has 0 atom stereocenters. The summed E-state index contributed by atoms with van der Waals surface area (Å²) in [6.45, 7) is 2.45. The first kappa shape index (κ1) is 21.0. The van der Waals surface area contributed by atoms with Crippen LogP contribution < -0.4 is 5.32 Å². The highest BCUT2D eigenvalue weighted by Gasteiger charge is 2.32. The topological polar surface area (TPSA) is 87.5 Å². The van der Waals surface area contributed by atoms with Gasteiger partial charge in [0.2, 0.25) is 0 Å². The van der Waals surface area contributed by atoms with E-state index in [1.165, 1.54) is 0 Å². The lowest BCUT2D eigenvalue weighted by molar-refractivity contribution is 0.0503. The maximum atomic E-state index is 14.0. The van der Waals surface area contributed by atoms with Crippen LogP contribution in [0.3, 0.4) is 0 Å². The minimum absolute atomic E-state index is 0.122. The molecule has 0 aliphatic carbocycles. The van der Waals surface area contributed by atoms with E-state index in [1.54, 1.807) is 42.3 Å². The number of carbonyl (C=O) groups excluding carboxylic acids is 2. The lowest BCUT2D eigenvalue weighted by atomic mass is 9.95. The number of rotatable bonds is 5. The Morgan fingerprint density at radius 2 is 1.97 bits per heavy atom. The van der Waals surface area contributed by atoms with E-state index in [1.807, 2.05) is 22.9 Å². The van der Waals surface area contributed by atoms with Crippen LogP contribution in [-0.4, -0.2) is 63.3 Å².